The predicted molar refractivity (Wildman–Crippen MR) is 325 cm³/mol. The fraction of sp³-hybridized carbons (Fsp3) is 0.0548. The van der Waals surface area contributed by atoms with E-state index in [0.717, 1.165) is 122 Å². The highest BCUT2D eigenvalue weighted by Gasteiger charge is 2.19. The fourth-order valence-electron chi connectivity index (χ4n) is 11.6. The van der Waals surface area contributed by atoms with E-state index in [1.165, 1.54) is 33.6 Å². The summed E-state index contributed by atoms with van der Waals surface area (Å²) in [5.41, 5.74) is 27.0. The highest BCUT2D eigenvalue weighted by Crippen LogP contribution is 2.44. The van der Waals surface area contributed by atoms with E-state index < -0.39 is 0 Å². The van der Waals surface area contributed by atoms with Crippen molar-refractivity contribution in [1.29, 1.82) is 0 Å². The summed E-state index contributed by atoms with van der Waals surface area (Å²) >= 11 is 0. The highest BCUT2D eigenvalue weighted by molar-refractivity contribution is 6.01. The zero-order valence-corrected chi connectivity index (χ0v) is 43.9. The van der Waals surface area contributed by atoms with Crippen LogP contribution in [0.1, 0.15) is 22.8 Å². The van der Waals surface area contributed by atoms with E-state index in [1.54, 1.807) is 0 Å². The molecule has 0 atom stereocenters. The number of imidazole rings is 2. The molecule has 0 N–H and O–H groups in total. The Morgan fingerprint density at radius 1 is 0.282 bits per heavy atom. The van der Waals surface area contributed by atoms with E-state index in [2.05, 4.69) is 279 Å². The largest absolute Gasteiger partial charge is 0.304 e. The lowest BCUT2D eigenvalue weighted by atomic mass is 9.86. The molecular weight excluding hydrogens is 947 g/mol. The Labute approximate surface area is 454 Å². The van der Waals surface area contributed by atoms with Gasteiger partial charge in [-0.1, -0.05) is 176 Å². The molecule has 78 heavy (non-hydrogen) atoms. The Balaban J connectivity index is 0.880. The summed E-state index contributed by atoms with van der Waals surface area (Å²) < 4.78 is 4.40. The molecule has 0 bridgehead atoms. The number of aryl methyl sites for hydroxylation is 4. The van der Waals surface area contributed by atoms with Crippen LogP contribution in [0.5, 0.6) is 0 Å². The topological polar surface area (TPSA) is 47.5 Å². The lowest BCUT2D eigenvalue weighted by Gasteiger charge is -2.18. The second-order valence-electron chi connectivity index (χ2n) is 20.6. The minimum absolute atomic E-state index is 0.937. The number of nitrogens with zero attached hydrogens (tertiary/aromatic N) is 5. The quantitative estimate of drug-likeness (QED) is 0.145. The summed E-state index contributed by atoms with van der Waals surface area (Å²) in [5, 5.41) is 4.61. The highest BCUT2D eigenvalue weighted by atomic mass is 15.0. The third-order valence-corrected chi connectivity index (χ3v) is 16.0. The van der Waals surface area contributed by atoms with Crippen LogP contribution < -0.4 is 0 Å². The third-order valence-electron chi connectivity index (χ3n) is 16.0. The van der Waals surface area contributed by atoms with Crippen molar-refractivity contribution >= 4 is 32.8 Å². The van der Waals surface area contributed by atoms with Gasteiger partial charge in [-0.25, -0.2) is 9.97 Å². The molecular formula is C73H53N5. The van der Waals surface area contributed by atoms with Crippen molar-refractivity contribution in [2.45, 2.75) is 27.7 Å². The van der Waals surface area contributed by atoms with Crippen molar-refractivity contribution in [3.63, 3.8) is 0 Å². The van der Waals surface area contributed by atoms with Crippen molar-refractivity contribution in [1.82, 2.24) is 23.8 Å². The second-order valence-corrected chi connectivity index (χ2v) is 20.6. The van der Waals surface area contributed by atoms with E-state index in [9.17, 15) is 0 Å². The van der Waals surface area contributed by atoms with Crippen molar-refractivity contribution < 1.29 is 0 Å². The number of hydrogen-bond donors (Lipinski definition) is 0. The van der Waals surface area contributed by atoms with Gasteiger partial charge in [0.1, 0.15) is 11.3 Å². The van der Waals surface area contributed by atoms with E-state index in [4.69, 9.17) is 15.0 Å². The van der Waals surface area contributed by atoms with Gasteiger partial charge in [0.05, 0.1) is 17.1 Å². The molecule has 0 amide bonds. The number of benzene rings is 9. The Bertz CT molecular complexity index is 4450. The van der Waals surface area contributed by atoms with Crippen LogP contribution in [0.15, 0.2) is 249 Å². The molecule has 0 fully saturated rings. The van der Waals surface area contributed by atoms with Crippen LogP contribution in [-0.2, 0) is 0 Å². The van der Waals surface area contributed by atoms with Crippen molar-refractivity contribution in [3.8, 4) is 100 Å². The maximum absolute atomic E-state index is 4.97. The Morgan fingerprint density at radius 2 is 0.654 bits per heavy atom. The zero-order valence-electron chi connectivity index (χ0n) is 43.9. The molecule has 0 saturated carbocycles. The van der Waals surface area contributed by atoms with Crippen LogP contribution in [0.25, 0.3) is 133 Å². The molecule has 9 aromatic carbocycles. The second kappa shape index (κ2) is 19.0. The summed E-state index contributed by atoms with van der Waals surface area (Å²) in [6.45, 7) is 8.44. The summed E-state index contributed by atoms with van der Waals surface area (Å²) in [7, 11) is 0. The van der Waals surface area contributed by atoms with Gasteiger partial charge < -0.3 is 8.80 Å². The molecule has 0 unspecified atom stereocenters. The smallest absolute Gasteiger partial charge is 0.145 e. The molecule has 14 aromatic rings. The summed E-state index contributed by atoms with van der Waals surface area (Å²) in [6, 6.07) is 84.2. The SMILES string of the molecule is Cc1nc2c3ccc(-c4ccccc4-c4cc(-c5ccccc5-c5ccc(-c6cc(-c7ccc(-c8ccccc8)cc7)ccn6)cc5)cc(-c5ccccc5-c5ccc6c(ccn7c(C)c(C)nc67)c5)c4)cc3ccn2c1C. The van der Waals surface area contributed by atoms with Gasteiger partial charge in [0.15, 0.2) is 0 Å². The normalized spacial score (nSPS) is 11.6. The van der Waals surface area contributed by atoms with Crippen LogP contribution in [-0.4, -0.2) is 23.8 Å². The van der Waals surface area contributed by atoms with Crippen molar-refractivity contribution in [3.05, 3.63) is 272 Å². The van der Waals surface area contributed by atoms with Gasteiger partial charge in [-0.15, -0.1) is 0 Å². The van der Waals surface area contributed by atoms with E-state index in [0.29, 0.717) is 0 Å². The lowest BCUT2D eigenvalue weighted by Crippen LogP contribution is -1.93. The number of pyridine rings is 3. The van der Waals surface area contributed by atoms with Crippen LogP contribution >= 0.6 is 0 Å². The molecule has 5 nitrogen and oxygen atoms in total. The Morgan fingerprint density at radius 3 is 1.13 bits per heavy atom. The number of hydrogen-bond acceptors (Lipinski definition) is 3. The molecule has 0 radical (unpaired) electrons. The van der Waals surface area contributed by atoms with Crippen LogP contribution in [0.3, 0.4) is 0 Å². The maximum atomic E-state index is 4.97. The van der Waals surface area contributed by atoms with Crippen LogP contribution in [0.2, 0.25) is 0 Å². The first-order valence-corrected chi connectivity index (χ1v) is 26.7. The molecule has 370 valence electrons. The predicted octanol–water partition coefficient (Wildman–Crippen LogP) is 18.9. The van der Waals surface area contributed by atoms with E-state index in [1.807, 2.05) is 6.20 Å². The molecule has 5 aromatic heterocycles. The Kier molecular flexibility index (Phi) is 11.3. The van der Waals surface area contributed by atoms with Gasteiger partial charge in [0.25, 0.3) is 0 Å². The molecule has 5 heterocycles. The molecule has 5 heteroatoms. The molecule has 0 spiro atoms. The molecule has 0 aliphatic carbocycles. The average Bonchev–Trinajstić information content (AvgIpc) is 4.14. The third kappa shape index (κ3) is 8.16. The van der Waals surface area contributed by atoms with Crippen LogP contribution in [0, 0.1) is 27.7 Å². The van der Waals surface area contributed by atoms with Gasteiger partial charge >= 0.3 is 0 Å². The van der Waals surface area contributed by atoms with Gasteiger partial charge in [0, 0.05) is 46.3 Å². The first-order chi connectivity index (χ1) is 38.3. The minimum Gasteiger partial charge on any atom is -0.304 e. The number of rotatable bonds is 9. The molecule has 0 saturated heterocycles. The van der Waals surface area contributed by atoms with E-state index in [-0.39, 0.29) is 0 Å². The van der Waals surface area contributed by atoms with Crippen molar-refractivity contribution in [2.24, 2.45) is 0 Å². The van der Waals surface area contributed by atoms with Crippen molar-refractivity contribution in [2.75, 3.05) is 0 Å². The molecule has 0 aliphatic rings. The first-order valence-electron chi connectivity index (χ1n) is 26.7. The summed E-state index contributed by atoms with van der Waals surface area (Å²) in [6.07, 6.45) is 6.22. The summed E-state index contributed by atoms with van der Waals surface area (Å²) in [5.74, 6) is 0. The Hall–Kier alpha value is -9.97. The van der Waals surface area contributed by atoms with Gasteiger partial charge in [-0.3, -0.25) is 4.98 Å². The molecule has 0 aliphatic heterocycles. The average molecular weight is 1000 g/mol. The summed E-state index contributed by atoms with van der Waals surface area (Å²) in [4.78, 5) is 14.8. The van der Waals surface area contributed by atoms with Crippen LogP contribution in [0.4, 0.5) is 0 Å². The van der Waals surface area contributed by atoms with Gasteiger partial charge in [0.2, 0.25) is 0 Å². The first kappa shape index (κ1) is 46.6. The zero-order chi connectivity index (χ0) is 52.4. The number of aromatic nitrogens is 5. The number of fused-ring (bicyclic) bond motifs is 6. The van der Waals surface area contributed by atoms with Gasteiger partial charge in [-0.05, 0) is 182 Å². The monoisotopic (exact) mass is 999 g/mol. The molecule has 14 rings (SSSR count). The maximum Gasteiger partial charge on any atom is 0.145 e. The standard InChI is InChI=1S/C73H53N5/c1-46-48(3)77-38-35-58-40-56(30-32-69(58)72(77)75-46)64-17-9-12-20-67(64)61-42-60(43-62(44-61)68-21-13-10-18-65(68)57-31-33-70-59(41-57)36-39-78-49(4)47(2)76-73(70)78)66-19-11-8-16-63(66)53-26-28-54(29-27-53)71-45-55(34-37-74-71)52-24-22-51(23-25-52)50-14-6-5-7-15-50/h5-45H,1-4H3. The van der Waals surface area contributed by atoms with Gasteiger partial charge in [-0.2, -0.15) is 0 Å². The fourth-order valence-corrected chi connectivity index (χ4v) is 11.6. The van der Waals surface area contributed by atoms with E-state index >= 15 is 0 Å². The lowest BCUT2D eigenvalue weighted by molar-refractivity contribution is 1.10. The minimum atomic E-state index is 0.937.